The Hall–Kier alpha value is -3.34. The molecule has 2 N–H and O–H groups in total. The maximum absolute atomic E-state index is 13.6. The van der Waals surface area contributed by atoms with E-state index in [1.54, 1.807) is 30.3 Å². The third-order valence-corrected chi connectivity index (χ3v) is 3.18. The van der Waals surface area contributed by atoms with Gasteiger partial charge in [0, 0.05) is 12.2 Å². The van der Waals surface area contributed by atoms with Crippen LogP contribution in [0.5, 0.6) is 0 Å². The number of hydrogen-bond acceptors (Lipinski definition) is 3. The molecule has 0 spiro atoms. The first-order valence-corrected chi connectivity index (χ1v) is 7.10. The van der Waals surface area contributed by atoms with Crippen molar-refractivity contribution in [1.29, 1.82) is 5.26 Å². The lowest BCUT2D eigenvalue weighted by molar-refractivity contribution is -0.115. The summed E-state index contributed by atoms with van der Waals surface area (Å²) in [4.78, 5) is 23.3. The summed E-state index contributed by atoms with van der Waals surface area (Å²) < 4.78 is 39.6. The van der Waals surface area contributed by atoms with E-state index in [1.165, 1.54) is 0 Å². The van der Waals surface area contributed by atoms with Gasteiger partial charge < -0.3 is 10.6 Å². The van der Waals surface area contributed by atoms with Crippen LogP contribution >= 0.6 is 0 Å². The minimum Gasteiger partial charge on any atom is -0.348 e. The van der Waals surface area contributed by atoms with Crippen LogP contribution in [0.3, 0.4) is 0 Å². The highest BCUT2D eigenvalue weighted by Gasteiger charge is 2.18. The smallest absolute Gasteiger partial charge is 0.254 e. The Morgan fingerprint density at radius 3 is 2.56 bits per heavy atom. The second-order valence-electron chi connectivity index (χ2n) is 4.99. The van der Waals surface area contributed by atoms with Crippen LogP contribution < -0.4 is 10.6 Å². The molecule has 2 aromatic rings. The molecule has 5 nitrogen and oxygen atoms in total. The van der Waals surface area contributed by atoms with E-state index < -0.39 is 34.8 Å². The van der Waals surface area contributed by atoms with Crippen LogP contribution in [0.15, 0.2) is 36.4 Å². The monoisotopic (exact) mass is 347 g/mol. The van der Waals surface area contributed by atoms with Crippen LogP contribution in [-0.2, 0) is 11.3 Å². The highest BCUT2D eigenvalue weighted by atomic mass is 19.2. The standard InChI is InChI=1S/C17H12F3N3O2/c18-13-5-4-12(15(19)16(13)20)17(25)22-9-10-2-1-3-11(8-10)23-14(24)6-7-21/h1-5,8H,6,9H2,(H,22,25)(H,23,24). The molecule has 0 aliphatic rings. The van der Waals surface area contributed by atoms with E-state index in [1.807, 2.05) is 0 Å². The normalized spacial score (nSPS) is 10.0. The summed E-state index contributed by atoms with van der Waals surface area (Å²) in [6.07, 6.45) is -0.295. The number of nitrogens with zero attached hydrogens (tertiary/aromatic N) is 1. The minimum absolute atomic E-state index is 0.0285. The first-order valence-electron chi connectivity index (χ1n) is 7.10. The lowest BCUT2D eigenvalue weighted by Crippen LogP contribution is -2.24. The van der Waals surface area contributed by atoms with Gasteiger partial charge >= 0.3 is 0 Å². The van der Waals surface area contributed by atoms with Crippen LogP contribution in [0.1, 0.15) is 22.3 Å². The predicted octanol–water partition coefficient (Wildman–Crippen LogP) is 2.89. The van der Waals surface area contributed by atoms with E-state index in [9.17, 15) is 22.8 Å². The Morgan fingerprint density at radius 2 is 1.84 bits per heavy atom. The zero-order valence-electron chi connectivity index (χ0n) is 12.8. The molecular formula is C17H12F3N3O2. The number of carbonyl (C=O) groups is 2. The van der Waals surface area contributed by atoms with Gasteiger partial charge in [-0.3, -0.25) is 9.59 Å². The number of nitriles is 1. The Kier molecular flexibility index (Phi) is 5.74. The zero-order valence-corrected chi connectivity index (χ0v) is 12.8. The number of hydrogen-bond donors (Lipinski definition) is 2. The molecule has 2 rings (SSSR count). The Labute approximate surface area is 141 Å². The molecule has 8 heteroatoms. The molecule has 0 aliphatic carbocycles. The molecule has 25 heavy (non-hydrogen) atoms. The Balaban J connectivity index is 2.04. The Morgan fingerprint density at radius 1 is 1.08 bits per heavy atom. The van der Waals surface area contributed by atoms with Gasteiger partial charge in [-0.15, -0.1) is 0 Å². The van der Waals surface area contributed by atoms with Crippen molar-refractivity contribution < 1.29 is 22.8 Å². The van der Waals surface area contributed by atoms with E-state index in [4.69, 9.17) is 5.26 Å². The average Bonchev–Trinajstić information content (AvgIpc) is 2.58. The number of carbonyl (C=O) groups excluding carboxylic acids is 2. The molecule has 2 amide bonds. The van der Waals surface area contributed by atoms with E-state index in [0.717, 1.165) is 6.07 Å². The van der Waals surface area contributed by atoms with Gasteiger partial charge in [-0.05, 0) is 29.8 Å². The molecule has 0 aromatic heterocycles. The molecular weight excluding hydrogens is 335 g/mol. The minimum atomic E-state index is -1.71. The second kappa shape index (κ2) is 7.97. The zero-order chi connectivity index (χ0) is 18.4. The summed E-state index contributed by atoms with van der Waals surface area (Å²) in [5, 5.41) is 13.3. The van der Waals surface area contributed by atoms with Crippen molar-refractivity contribution in [2.45, 2.75) is 13.0 Å². The number of anilines is 1. The topological polar surface area (TPSA) is 82.0 Å². The van der Waals surface area contributed by atoms with Crippen LogP contribution in [0, 0.1) is 28.8 Å². The summed E-state index contributed by atoms with van der Waals surface area (Å²) in [5.74, 6) is -6.04. The van der Waals surface area contributed by atoms with Crippen LogP contribution in [-0.4, -0.2) is 11.8 Å². The van der Waals surface area contributed by atoms with Gasteiger partial charge in [0.1, 0.15) is 6.42 Å². The number of amides is 2. The number of nitrogens with one attached hydrogen (secondary N) is 2. The average molecular weight is 347 g/mol. The van der Waals surface area contributed by atoms with Crippen molar-refractivity contribution in [2.24, 2.45) is 0 Å². The van der Waals surface area contributed by atoms with Gasteiger partial charge in [-0.1, -0.05) is 12.1 Å². The summed E-state index contributed by atoms with van der Waals surface area (Å²) in [6, 6.07) is 9.63. The summed E-state index contributed by atoms with van der Waals surface area (Å²) in [6.45, 7) is -0.0285. The molecule has 0 aliphatic heterocycles. The van der Waals surface area contributed by atoms with Gasteiger partial charge in [-0.25, -0.2) is 13.2 Å². The fourth-order valence-electron chi connectivity index (χ4n) is 2.01. The lowest BCUT2D eigenvalue weighted by Gasteiger charge is -2.09. The second-order valence-corrected chi connectivity index (χ2v) is 4.99. The van der Waals surface area contributed by atoms with E-state index in [0.29, 0.717) is 17.3 Å². The third-order valence-electron chi connectivity index (χ3n) is 3.18. The van der Waals surface area contributed by atoms with Gasteiger partial charge in [0.25, 0.3) is 5.91 Å². The molecule has 0 bridgehead atoms. The van der Waals surface area contributed by atoms with E-state index in [2.05, 4.69) is 10.6 Å². The van der Waals surface area contributed by atoms with Gasteiger partial charge in [-0.2, -0.15) is 5.26 Å². The fourth-order valence-corrected chi connectivity index (χ4v) is 2.01. The first kappa shape index (κ1) is 18.0. The van der Waals surface area contributed by atoms with Crippen molar-refractivity contribution in [3.63, 3.8) is 0 Å². The SMILES string of the molecule is N#CCC(=O)Nc1cccc(CNC(=O)c2ccc(F)c(F)c2F)c1. The van der Waals surface area contributed by atoms with Crippen molar-refractivity contribution >= 4 is 17.5 Å². The van der Waals surface area contributed by atoms with Crippen molar-refractivity contribution in [3.8, 4) is 6.07 Å². The van der Waals surface area contributed by atoms with Crippen LogP contribution in [0.25, 0.3) is 0 Å². The van der Waals surface area contributed by atoms with Crippen molar-refractivity contribution in [3.05, 3.63) is 65.0 Å². The molecule has 0 atom stereocenters. The predicted molar refractivity (Wildman–Crippen MR) is 82.8 cm³/mol. The molecule has 0 fully saturated rings. The summed E-state index contributed by atoms with van der Waals surface area (Å²) >= 11 is 0. The largest absolute Gasteiger partial charge is 0.348 e. The van der Waals surface area contributed by atoms with Gasteiger partial charge in [0.15, 0.2) is 17.5 Å². The highest BCUT2D eigenvalue weighted by Crippen LogP contribution is 2.16. The molecule has 0 saturated heterocycles. The number of rotatable bonds is 5. The number of benzene rings is 2. The molecule has 0 unspecified atom stereocenters. The van der Waals surface area contributed by atoms with Crippen molar-refractivity contribution in [2.75, 3.05) is 5.32 Å². The number of halogens is 3. The van der Waals surface area contributed by atoms with E-state index in [-0.39, 0.29) is 13.0 Å². The van der Waals surface area contributed by atoms with E-state index >= 15 is 0 Å². The maximum atomic E-state index is 13.6. The molecule has 128 valence electrons. The van der Waals surface area contributed by atoms with Crippen LogP contribution in [0.2, 0.25) is 0 Å². The molecule has 0 saturated carbocycles. The summed E-state index contributed by atoms with van der Waals surface area (Å²) in [5.41, 5.74) is 0.384. The van der Waals surface area contributed by atoms with Crippen molar-refractivity contribution in [1.82, 2.24) is 5.32 Å². The lowest BCUT2D eigenvalue weighted by atomic mass is 10.1. The highest BCUT2D eigenvalue weighted by molar-refractivity contribution is 5.94. The summed E-state index contributed by atoms with van der Waals surface area (Å²) in [7, 11) is 0. The molecule has 0 heterocycles. The molecule has 2 aromatic carbocycles. The Bertz CT molecular complexity index is 863. The van der Waals surface area contributed by atoms with Gasteiger partial charge in [0.05, 0.1) is 11.6 Å². The maximum Gasteiger partial charge on any atom is 0.254 e. The quantitative estimate of drug-likeness (QED) is 0.816. The first-order chi connectivity index (χ1) is 11.9. The van der Waals surface area contributed by atoms with Gasteiger partial charge in [0.2, 0.25) is 5.91 Å². The fraction of sp³-hybridized carbons (Fsp3) is 0.118. The molecule has 0 radical (unpaired) electrons. The van der Waals surface area contributed by atoms with Crippen LogP contribution in [0.4, 0.5) is 18.9 Å². The third kappa shape index (κ3) is 4.57.